The first-order valence-corrected chi connectivity index (χ1v) is 7.71. The van der Waals surface area contributed by atoms with Crippen molar-refractivity contribution >= 4 is 6.29 Å². The van der Waals surface area contributed by atoms with Crippen molar-refractivity contribution in [1.82, 2.24) is 4.90 Å². The third-order valence-corrected chi connectivity index (χ3v) is 3.94. The predicted molar refractivity (Wildman–Crippen MR) is 83.3 cm³/mol. The van der Waals surface area contributed by atoms with Gasteiger partial charge in [-0.3, -0.25) is 4.79 Å². The van der Waals surface area contributed by atoms with Crippen LogP contribution in [0.5, 0.6) is 11.5 Å². The van der Waals surface area contributed by atoms with Gasteiger partial charge in [-0.2, -0.15) is 0 Å². The number of methoxy groups -OCH3 is 1. The van der Waals surface area contributed by atoms with E-state index < -0.39 is 0 Å². The molecule has 1 aliphatic heterocycles. The Labute approximate surface area is 127 Å². The van der Waals surface area contributed by atoms with Crippen molar-refractivity contribution in [3.05, 3.63) is 23.8 Å². The number of ether oxygens (including phenoxy) is 2. The summed E-state index contributed by atoms with van der Waals surface area (Å²) in [5.41, 5.74) is 0.599. The molecule has 0 spiro atoms. The Kier molecular flexibility index (Phi) is 6.05. The fraction of sp³-hybridized carbons (Fsp3) is 0.588. The standard InChI is InChI=1S/C17H25NO3/c1-14-5-3-8-18(12-14)9-4-10-21-16-7-6-15(13-19)11-17(16)20-2/h6-7,11,13-14H,3-5,8-10,12H2,1-2H3. The number of benzene rings is 1. The summed E-state index contributed by atoms with van der Waals surface area (Å²) in [5, 5.41) is 0. The minimum atomic E-state index is 0.599. The van der Waals surface area contributed by atoms with Crippen molar-refractivity contribution in [3.63, 3.8) is 0 Å². The summed E-state index contributed by atoms with van der Waals surface area (Å²) < 4.78 is 11.0. The highest BCUT2D eigenvalue weighted by atomic mass is 16.5. The van der Waals surface area contributed by atoms with Gasteiger partial charge in [0.1, 0.15) is 6.29 Å². The summed E-state index contributed by atoms with van der Waals surface area (Å²) in [6.07, 6.45) is 4.48. The molecule has 21 heavy (non-hydrogen) atoms. The number of carbonyl (C=O) groups excluding carboxylic acids is 1. The number of carbonyl (C=O) groups is 1. The summed E-state index contributed by atoms with van der Waals surface area (Å²) in [6.45, 7) is 6.49. The van der Waals surface area contributed by atoms with Crippen LogP contribution >= 0.6 is 0 Å². The number of hydrogen-bond acceptors (Lipinski definition) is 4. The Bertz CT molecular complexity index is 461. The van der Waals surface area contributed by atoms with E-state index in [4.69, 9.17) is 9.47 Å². The van der Waals surface area contributed by atoms with Crippen molar-refractivity contribution in [3.8, 4) is 11.5 Å². The smallest absolute Gasteiger partial charge is 0.161 e. The van der Waals surface area contributed by atoms with Crippen molar-refractivity contribution < 1.29 is 14.3 Å². The van der Waals surface area contributed by atoms with Gasteiger partial charge in [0.15, 0.2) is 11.5 Å². The first kappa shape index (κ1) is 15.8. The SMILES string of the molecule is COc1cc(C=O)ccc1OCCCN1CCCC(C)C1. The van der Waals surface area contributed by atoms with E-state index in [0.29, 0.717) is 23.7 Å². The number of aldehydes is 1. The molecule has 0 aromatic heterocycles. The molecule has 4 heteroatoms. The molecule has 4 nitrogen and oxygen atoms in total. The third-order valence-electron chi connectivity index (χ3n) is 3.94. The van der Waals surface area contributed by atoms with Crippen LogP contribution in [-0.4, -0.2) is 44.5 Å². The number of rotatable bonds is 7. The highest BCUT2D eigenvalue weighted by Gasteiger charge is 2.15. The molecule has 0 N–H and O–H groups in total. The lowest BCUT2D eigenvalue weighted by Gasteiger charge is -2.30. The van der Waals surface area contributed by atoms with Crippen LogP contribution < -0.4 is 9.47 Å². The van der Waals surface area contributed by atoms with Crippen LogP contribution in [0.15, 0.2) is 18.2 Å². The van der Waals surface area contributed by atoms with Crippen LogP contribution in [0.1, 0.15) is 36.5 Å². The Hall–Kier alpha value is -1.55. The molecular formula is C17H25NO3. The van der Waals surface area contributed by atoms with Crippen LogP contribution in [0.3, 0.4) is 0 Å². The average Bonchev–Trinajstić information content (AvgIpc) is 2.51. The van der Waals surface area contributed by atoms with Gasteiger partial charge < -0.3 is 14.4 Å². The van der Waals surface area contributed by atoms with Crippen LogP contribution in [0.2, 0.25) is 0 Å². The van der Waals surface area contributed by atoms with Gasteiger partial charge in [0.05, 0.1) is 13.7 Å². The van der Waals surface area contributed by atoms with Gasteiger partial charge >= 0.3 is 0 Å². The molecule has 0 bridgehead atoms. The molecule has 1 atom stereocenters. The van der Waals surface area contributed by atoms with Crippen molar-refractivity contribution in [2.45, 2.75) is 26.2 Å². The van der Waals surface area contributed by atoms with Gasteiger partial charge in [-0.25, -0.2) is 0 Å². The van der Waals surface area contributed by atoms with E-state index in [0.717, 1.165) is 25.2 Å². The maximum absolute atomic E-state index is 10.7. The minimum Gasteiger partial charge on any atom is -0.493 e. The molecule has 2 rings (SSSR count). The summed E-state index contributed by atoms with van der Waals surface area (Å²) >= 11 is 0. The van der Waals surface area contributed by atoms with Crippen LogP contribution in [0.4, 0.5) is 0 Å². The molecule has 1 saturated heterocycles. The summed E-state index contributed by atoms with van der Waals surface area (Å²) in [5.74, 6) is 2.14. The van der Waals surface area contributed by atoms with Crippen molar-refractivity contribution in [2.24, 2.45) is 5.92 Å². The predicted octanol–water partition coefficient (Wildman–Crippen LogP) is 3.01. The molecule has 116 valence electrons. The summed E-state index contributed by atoms with van der Waals surface area (Å²) in [6, 6.07) is 5.25. The second-order valence-electron chi connectivity index (χ2n) is 5.78. The molecule has 0 amide bonds. The van der Waals surface area contributed by atoms with E-state index >= 15 is 0 Å². The van der Waals surface area contributed by atoms with Crippen LogP contribution in [0, 0.1) is 5.92 Å². The quantitative estimate of drug-likeness (QED) is 0.572. The number of hydrogen-bond donors (Lipinski definition) is 0. The van der Waals surface area contributed by atoms with E-state index in [-0.39, 0.29) is 0 Å². The Morgan fingerprint density at radius 1 is 1.38 bits per heavy atom. The number of nitrogens with zero attached hydrogens (tertiary/aromatic N) is 1. The lowest BCUT2D eigenvalue weighted by molar-refractivity contribution is 0.112. The van der Waals surface area contributed by atoms with Gasteiger partial charge in [0, 0.05) is 18.7 Å². The van der Waals surface area contributed by atoms with E-state index in [1.54, 1.807) is 25.3 Å². The monoisotopic (exact) mass is 291 g/mol. The lowest BCUT2D eigenvalue weighted by atomic mass is 10.0. The molecule has 0 radical (unpaired) electrons. The van der Waals surface area contributed by atoms with Gasteiger partial charge in [0.2, 0.25) is 0 Å². The Morgan fingerprint density at radius 2 is 2.24 bits per heavy atom. The minimum absolute atomic E-state index is 0.599. The van der Waals surface area contributed by atoms with Crippen molar-refractivity contribution in [1.29, 1.82) is 0 Å². The zero-order chi connectivity index (χ0) is 15.1. The lowest BCUT2D eigenvalue weighted by Crippen LogP contribution is -2.35. The van der Waals surface area contributed by atoms with E-state index in [9.17, 15) is 4.79 Å². The van der Waals surface area contributed by atoms with E-state index in [2.05, 4.69) is 11.8 Å². The first-order valence-electron chi connectivity index (χ1n) is 7.71. The summed E-state index contributed by atoms with van der Waals surface area (Å²) in [7, 11) is 1.59. The van der Waals surface area contributed by atoms with Gasteiger partial charge in [0.25, 0.3) is 0 Å². The van der Waals surface area contributed by atoms with Crippen molar-refractivity contribution in [2.75, 3.05) is 33.4 Å². The second kappa shape index (κ2) is 8.03. The van der Waals surface area contributed by atoms with Crippen LogP contribution in [-0.2, 0) is 0 Å². The summed E-state index contributed by atoms with van der Waals surface area (Å²) in [4.78, 5) is 13.3. The Morgan fingerprint density at radius 3 is 2.95 bits per heavy atom. The molecule has 1 unspecified atom stereocenters. The van der Waals surface area contributed by atoms with E-state index in [1.165, 1.54) is 25.9 Å². The zero-order valence-electron chi connectivity index (χ0n) is 13.0. The molecule has 1 heterocycles. The maximum Gasteiger partial charge on any atom is 0.161 e. The first-order chi connectivity index (χ1) is 10.2. The highest BCUT2D eigenvalue weighted by Crippen LogP contribution is 2.27. The average molecular weight is 291 g/mol. The maximum atomic E-state index is 10.7. The molecule has 1 aromatic carbocycles. The largest absolute Gasteiger partial charge is 0.493 e. The number of likely N-dealkylation sites (tertiary alicyclic amines) is 1. The fourth-order valence-corrected chi connectivity index (χ4v) is 2.84. The third kappa shape index (κ3) is 4.74. The van der Waals surface area contributed by atoms with Gasteiger partial charge in [-0.15, -0.1) is 0 Å². The highest BCUT2D eigenvalue weighted by molar-refractivity contribution is 5.76. The van der Waals surface area contributed by atoms with Gasteiger partial charge in [-0.1, -0.05) is 6.92 Å². The normalized spacial score (nSPS) is 19.2. The van der Waals surface area contributed by atoms with E-state index in [1.807, 2.05) is 0 Å². The molecule has 1 aliphatic rings. The second-order valence-corrected chi connectivity index (χ2v) is 5.78. The Balaban J connectivity index is 1.76. The molecular weight excluding hydrogens is 266 g/mol. The molecule has 0 aliphatic carbocycles. The van der Waals surface area contributed by atoms with Gasteiger partial charge in [-0.05, 0) is 49.9 Å². The number of piperidine rings is 1. The molecule has 1 fully saturated rings. The fourth-order valence-electron chi connectivity index (χ4n) is 2.84. The molecule has 1 aromatic rings. The zero-order valence-corrected chi connectivity index (χ0v) is 13.0. The molecule has 0 saturated carbocycles. The van der Waals surface area contributed by atoms with Crippen LogP contribution in [0.25, 0.3) is 0 Å². The topological polar surface area (TPSA) is 38.8 Å².